The van der Waals surface area contributed by atoms with Crippen molar-refractivity contribution in [1.82, 2.24) is 15.5 Å². The van der Waals surface area contributed by atoms with Crippen molar-refractivity contribution in [2.45, 2.75) is 97.6 Å². The monoisotopic (exact) mass is 620 g/mol. The van der Waals surface area contributed by atoms with Gasteiger partial charge in [0.05, 0.1) is 6.42 Å². The van der Waals surface area contributed by atoms with Gasteiger partial charge in [-0.25, -0.2) is 9.59 Å². The smallest absolute Gasteiger partial charge is 0.408 e. The number of nitrogens with two attached hydrogens (primary N) is 1. The van der Waals surface area contributed by atoms with Gasteiger partial charge in [-0.1, -0.05) is 60.5 Å². The molecule has 0 saturated carbocycles. The van der Waals surface area contributed by atoms with Gasteiger partial charge in [-0.15, -0.1) is 0 Å². The average molecular weight is 621 g/mol. The summed E-state index contributed by atoms with van der Waals surface area (Å²) >= 11 is 0. The predicted molar refractivity (Wildman–Crippen MR) is 169 cm³/mol. The van der Waals surface area contributed by atoms with E-state index in [0.29, 0.717) is 11.1 Å². The number of benzene rings is 2. The minimum Gasteiger partial charge on any atom is -0.458 e. The number of nitrogens with one attached hydrogen (secondary N) is 2. The van der Waals surface area contributed by atoms with Crippen LogP contribution in [0.3, 0.4) is 0 Å². The molecule has 3 atom stereocenters. The Morgan fingerprint density at radius 2 is 1.49 bits per heavy atom. The lowest BCUT2D eigenvalue weighted by Crippen LogP contribution is -2.54. The molecule has 2 rings (SSSR count). The average Bonchev–Trinajstić information content (AvgIpc) is 2.90. The van der Waals surface area contributed by atoms with Gasteiger partial charge in [-0.05, 0) is 72.1 Å². The second-order valence-corrected chi connectivity index (χ2v) is 12.8. The van der Waals surface area contributed by atoms with Gasteiger partial charge in [0.25, 0.3) is 5.91 Å². The van der Waals surface area contributed by atoms with Crippen LogP contribution in [0.25, 0.3) is 0 Å². The number of terminal acetylenes is 1. The Morgan fingerprint density at radius 3 is 2.02 bits per heavy atom. The zero-order chi connectivity index (χ0) is 34.1. The Bertz CT molecular complexity index is 1440. The third-order valence-corrected chi connectivity index (χ3v) is 6.30. The summed E-state index contributed by atoms with van der Waals surface area (Å²) in [4.78, 5) is 66.9. The van der Waals surface area contributed by atoms with Gasteiger partial charge in [-0.3, -0.25) is 19.3 Å². The molecule has 0 aliphatic rings. The molecular formula is C34H44N4O7. The molecule has 11 nitrogen and oxygen atoms in total. The standard InChI is InChI=1S/C34H44N4O7/c1-10-38(30(41)25(20-27(35)39)37-32(43)45-34(7,8)9)28(24-18-21(2)16-17-22(24)3)29(40)36-26(31(42)44-33(4,5)6)19-23-14-12-11-13-15-23/h1,11-18,25-26,28H,19-20H2,2-9H3,(H2,35,39)(H,36,40)(H,37,43). The van der Waals surface area contributed by atoms with Gasteiger partial charge < -0.3 is 25.8 Å². The van der Waals surface area contributed by atoms with Crippen molar-refractivity contribution >= 4 is 29.8 Å². The summed E-state index contributed by atoms with van der Waals surface area (Å²) in [6, 6.07) is 12.4. The van der Waals surface area contributed by atoms with Crippen molar-refractivity contribution in [2.75, 3.05) is 0 Å². The fraction of sp³-hybridized carbons (Fsp3) is 0.441. The number of ether oxygens (including phenoxy) is 2. The van der Waals surface area contributed by atoms with E-state index in [2.05, 4.69) is 16.7 Å². The number of carbonyl (C=O) groups excluding carboxylic acids is 5. The summed E-state index contributed by atoms with van der Waals surface area (Å²) in [6.07, 6.45) is 4.35. The second kappa shape index (κ2) is 15.2. The molecule has 0 spiro atoms. The topological polar surface area (TPSA) is 157 Å². The van der Waals surface area contributed by atoms with Crippen LogP contribution in [-0.4, -0.2) is 58.0 Å². The quantitative estimate of drug-likeness (QED) is 0.197. The largest absolute Gasteiger partial charge is 0.458 e. The van der Waals surface area contributed by atoms with Crippen LogP contribution in [0.2, 0.25) is 0 Å². The molecular weight excluding hydrogens is 576 g/mol. The number of hydrogen-bond donors (Lipinski definition) is 3. The zero-order valence-electron chi connectivity index (χ0n) is 27.2. The Kier molecular flexibility index (Phi) is 12.3. The van der Waals surface area contributed by atoms with E-state index in [9.17, 15) is 24.0 Å². The van der Waals surface area contributed by atoms with Crippen molar-refractivity contribution in [3.8, 4) is 12.5 Å². The van der Waals surface area contributed by atoms with Crippen molar-refractivity contribution in [2.24, 2.45) is 5.73 Å². The van der Waals surface area contributed by atoms with E-state index in [1.54, 1.807) is 91.8 Å². The lowest BCUT2D eigenvalue weighted by molar-refractivity contribution is -0.159. The Hall–Kier alpha value is -4.85. The molecule has 3 unspecified atom stereocenters. The molecule has 0 bridgehead atoms. The first-order valence-electron chi connectivity index (χ1n) is 14.5. The predicted octanol–water partition coefficient (Wildman–Crippen LogP) is 3.60. The highest BCUT2D eigenvalue weighted by Crippen LogP contribution is 2.27. The molecule has 11 heteroatoms. The van der Waals surface area contributed by atoms with E-state index in [1.807, 2.05) is 12.1 Å². The molecule has 4 amide bonds. The number of primary amides is 1. The fourth-order valence-electron chi connectivity index (χ4n) is 4.40. The summed E-state index contributed by atoms with van der Waals surface area (Å²) < 4.78 is 10.9. The third kappa shape index (κ3) is 11.6. The van der Waals surface area contributed by atoms with E-state index in [4.69, 9.17) is 21.6 Å². The van der Waals surface area contributed by atoms with Crippen molar-refractivity contribution in [1.29, 1.82) is 0 Å². The van der Waals surface area contributed by atoms with Gasteiger partial charge in [0.15, 0.2) is 0 Å². The van der Waals surface area contributed by atoms with E-state index in [0.717, 1.165) is 16.0 Å². The van der Waals surface area contributed by atoms with E-state index >= 15 is 0 Å². The van der Waals surface area contributed by atoms with Crippen molar-refractivity contribution in [3.05, 3.63) is 70.8 Å². The van der Waals surface area contributed by atoms with Gasteiger partial charge in [0.1, 0.15) is 29.3 Å². The van der Waals surface area contributed by atoms with Gasteiger partial charge in [0, 0.05) is 12.5 Å². The van der Waals surface area contributed by atoms with Crippen molar-refractivity contribution < 1.29 is 33.4 Å². The lowest BCUT2D eigenvalue weighted by Gasteiger charge is -2.32. The van der Waals surface area contributed by atoms with Crippen LogP contribution in [0.15, 0.2) is 48.5 Å². The lowest BCUT2D eigenvalue weighted by atomic mass is 9.95. The SMILES string of the molecule is C#CN(C(=O)C(CC(N)=O)NC(=O)OC(C)(C)C)C(C(=O)NC(Cc1ccccc1)C(=O)OC(C)(C)C)c1cc(C)ccc1C. The van der Waals surface area contributed by atoms with Crippen LogP contribution in [0, 0.1) is 26.3 Å². The van der Waals surface area contributed by atoms with Gasteiger partial charge in [-0.2, -0.15) is 0 Å². The van der Waals surface area contributed by atoms with Gasteiger partial charge >= 0.3 is 12.1 Å². The van der Waals surface area contributed by atoms with Crippen LogP contribution < -0.4 is 16.4 Å². The number of esters is 1. The maximum atomic E-state index is 14.2. The molecule has 242 valence electrons. The Morgan fingerprint density at radius 1 is 0.889 bits per heavy atom. The first-order valence-corrected chi connectivity index (χ1v) is 14.5. The second-order valence-electron chi connectivity index (χ2n) is 12.8. The molecule has 0 aliphatic heterocycles. The molecule has 2 aromatic carbocycles. The Labute approximate surface area is 265 Å². The number of carbonyl (C=O) groups is 5. The number of alkyl carbamates (subject to hydrolysis) is 1. The minimum absolute atomic E-state index is 0.0928. The Balaban J connectivity index is 2.60. The van der Waals surface area contributed by atoms with E-state index in [1.165, 1.54) is 0 Å². The van der Waals surface area contributed by atoms with Gasteiger partial charge in [0.2, 0.25) is 11.8 Å². The normalized spacial score (nSPS) is 13.3. The molecule has 0 saturated heterocycles. The van der Waals surface area contributed by atoms with Crippen LogP contribution >= 0.6 is 0 Å². The molecule has 0 aliphatic carbocycles. The number of hydrogen-bond acceptors (Lipinski definition) is 7. The molecule has 0 radical (unpaired) electrons. The summed E-state index contributed by atoms with van der Waals surface area (Å²) in [5, 5.41) is 5.10. The summed E-state index contributed by atoms with van der Waals surface area (Å²) in [7, 11) is 0. The molecule has 0 heterocycles. The maximum Gasteiger partial charge on any atom is 0.408 e. The highest BCUT2D eigenvalue weighted by atomic mass is 16.6. The number of nitrogens with zero attached hydrogens (tertiary/aromatic N) is 1. The zero-order valence-corrected chi connectivity index (χ0v) is 27.2. The summed E-state index contributed by atoms with van der Waals surface area (Å²) in [5.74, 6) is -3.32. The highest BCUT2D eigenvalue weighted by Gasteiger charge is 2.39. The number of rotatable bonds is 11. The molecule has 4 N–H and O–H groups in total. The van der Waals surface area contributed by atoms with Crippen LogP contribution in [0.1, 0.15) is 76.3 Å². The third-order valence-electron chi connectivity index (χ3n) is 6.30. The van der Waals surface area contributed by atoms with Crippen LogP contribution in [0.5, 0.6) is 0 Å². The van der Waals surface area contributed by atoms with E-state index < -0.39 is 65.5 Å². The fourth-order valence-corrected chi connectivity index (χ4v) is 4.40. The number of amides is 4. The van der Waals surface area contributed by atoms with Crippen LogP contribution in [0.4, 0.5) is 4.79 Å². The summed E-state index contributed by atoms with van der Waals surface area (Å²) in [5.41, 5.74) is 6.17. The minimum atomic E-state index is -1.56. The molecule has 0 aromatic heterocycles. The highest BCUT2D eigenvalue weighted by molar-refractivity contribution is 5.96. The first kappa shape index (κ1) is 36.3. The first-order chi connectivity index (χ1) is 20.8. The van der Waals surface area contributed by atoms with Crippen molar-refractivity contribution in [3.63, 3.8) is 0 Å². The summed E-state index contributed by atoms with van der Waals surface area (Å²) in [6.45, 7) is 13.6. The number of aryl methyl sites for hydroxylation is 2. The molecule has 0 fully saturated rings. The molecule has 2 aromatic rings. The van der Waals surface area contributed by atoms with E-state index in [-0.39, 0.29) is 6.42 Å². The van der Waals surface area contributed by atoms with Crippen LogP contribution in [-0.2, 0) is 35.1 Å². The maximum absolute atomic E-state index is 14.2. The molecule has 45 heavy (non-hydrogen) atoms.